The molecule has 0 aliphatic rings. The summed E-state index contributed by atoms with van der Waals surface area (Å²) in [5, 5.41) is 9.38. The maximum Gasteiger partial charge on any atom is 0.145 e. The maximum atomic E-state index is 6.11. The molecule has 11 aromatic rings. The molecular formula is C43H25N3OS. The Labute approximate surface area is 278 Å². The predicted octanol–water partition coefficient (Wildman–Crippen LogP) is 12.0. The van der Waals surface area contributed by atoms with Crippen LogP contribution in [0.4, 0.5) is 0 Å². The third kappa shape index (κ3) is 3.62. The molecule has 224 valence electrons. The van der Waals surface area contributed by atoms with E-state index in [4.69, 9.17) is 4.42 Å². The molecule has 5 aromatic heterocycles. The minimum absolute atomic E-state index is 0.916. The monoisotopic (exact) mass is 631 g/mol. The Bertz CT molecular complexity index is 3080. The van der Waals surface area contributed by atoms with Gasteiger partial charge < -0.3 is 8.98 Å². The average Bonchev–Trinajstić information content (AvgIpc) is 3.95. The summed E-state index contributed by atoms with van der Waals surface area (Å²) in [4.78, 5) is 4.65. The molecule has 0 bridgehead atoms. The van der Waals surface area contributed by atoms with Gasteiger partial charge in [0.25, 0.3) is 0 Å². The van der Waals surface area contributed by atoms with E-state index in [1.807, 2.05) is 18.3 Å². The van der Waals surface area contributed by atoms with Crippen LogP contribution in [0.2, 0.25) is 0 Å². The van der Waals surface area contributed by atoms with E-state index in [-0.39, 0.29) is 0 Å². The molecule has 11 rings (SSSR count). The molecule has 0 amide bonds. The topological polar surface area (TPSA) is 35.4 Å². The van der Waals surface area contributed by atoms with Gasteiger partial charge in [0.1, 0.15) is 16.8 Å². The molecule has 0 unspecified atom stereocenters. The van der Waals surface area contributed by atoms with Crippen LogP contribution < -0.4 is 0 Å². The van der Waals surface area contributed by atoms with Gasteiger partial charge >= 0.3 is 0 Å². The van der Waals surface area contributed by atoms with Gasteiger partial charge in [-0.1, -0.05) is 66.7 Å². The highest BCUT2D eigenvalue weighted by Gasteiger charge is 2.16. The highest BCUT2D eigenvalue weighted by Crippen LogP contribution is 2.39. The Balaban J connectivity index is 1.07. The number of hydrogen-bond acceptors (Lipinski definition) is 3. The van der Waals surface area contributed by atoms with Gasteiger partial charge in [0, 0.05) is 55.1 Å². The third-order valence-corrected chi connectivity index (χ3v) is 10.8. The van der Waals surface area contributed by atoms with Crippen molar-refractivity contribution in [2.45, 2.75) is 0 Å². The number of nitrogens with zero attached hydrogens (tertiary/aromatic N) is 3. The smallest absolute Gasteiger partial charge is 0.145 e. The molecule has 0 saturated carbocycles. The lowest BCUT2D eigenvalue weighted by Gasteiger charge is -2.12. The number of thiophene rings is 1. The number of imidazole rings is 1. The lowest BCUT2D eigenvalue weighted by molar-refractivity contribution is 0.669. The second-order valence-corrected chi connectivity index (χ2v) is 13.4. The van der Waals surface area contributed by atoms with E-state index in [0.29, 0.717) is 0 Å². The van der Waals surface area contributed by atoms with Crippen molar-refractivity contribution in [2.75, 3.05) is 0 Å². The van der Waals surface area contributed by atoms with Crippen molar-refractivity contribution in [3.8, 4) is 27.9 Å². The van der Waals surface area contributed by atoms with Crippen LogP contribution in [0.5, 0.6) is 0 Å². The summed E-state index contributed by atoms with van der Waals surface area (Å²) < 4.78 is 12.0. The Morgan fingerprint density at radius 2 is 1.21 bits per heavy atom. The average molecular weight is 632 g/mol. The van der Waals surface area contributed by atoms with Gasteiger partial charge in [0.05, 0.1) is 16.6 Å². The van der Waals surface area contributed by atoms with Crippen molar-refractivity contribution < 1.29 is 4.42 Å². The van der Waals surface area contributed by atoms with Gasteiger partial charge in [0.15, 0.2) is 0 Å². The van der Waals surface area contributed by atoms with E-state index in [9.17, 15) is 0 Å². The van der Waals surface area contributed by atoms with Gasteiger partial charge in [-0.25, -0.2) is 4.98 Å². The zero-order chi connectivity index (χ0) is 31.3. The van der Waals surface area contributed by atoms with Crippen LogP contribution in [-0.4, -0.2) is 14.0 Å². The summed E-state index contributed by atoms with van der Waals surface area (Å²) in [5.41, 5.74) is 12.3. The first-order valence-electron chi connectivity index (χ1n) is 16.1. The highest BCUT2D eigenvalue weighted by atomic mass is 32.1. The highest BCUT2D eigenvalue weighted by molar-refractivity contribution is 7.18. The molecule has 5 heterocycles. The van der Waals surface area contributed by atoms with Crippen LogP contribution in [0.1, 0.15) is 0 Å². The molecular weight excluding hydrogens is 607 g/mol. The van der Waals surface area contributed by atoms with Crippen molar-refractivity contribution in [1.29, 1.82) is 0 Å². The molecule has 5 heteroatoms. The standard InChI is InChI=1S/C43H25N3OS/c1-3-10-38-31(8-1)34-23-27(29-14-17-41-35(24-29)32-9-2-4-11-40(32)47-41)13-16-39(34)46(38)30-7-5-6-26(22-30)28-12-15-37-36(25-28)42-33(18-21-48-42)43-44-19-20-45(37)43/h1-25H. The van der Waals surface area contributed by atoms with E-state index in [0.717, 1.165) is 33.3 Å². The molecule has 0 aliphatic carbocycles. The summed E-state index contributed by atoms with van der Waals surface area (Å²) in [6, 6.07) is 48.3. The first kappa shape index (κ1) is 26.0. The first-order chi connectivity index (χ1) is 23.8. The summed E-state index contributed by atoms with van der Waals surface area (Å²) in [6.45, 7) is 0. The lowest BCUT2D eigenvalue weighted by Crippen LogP contribution is -1.94. The zero-order valence-electron chi connectivity index (χ0n) is 25.6. The molecule has 0 spiro atoms. The van der Waals surface area contributed by atoms with Crippen LogP contribution in [0.25, 0.3) is 98.3 Å². The number of hydrogen-bond donors (Lipinski definition) is 0. The number of furan rings is 1. The van der Waals surface area contributed by atoms with E-state index >= 15 is 0 Å². The number of pyridine rings is 1. The molecule has 0 aliphatic heterocycles. The summed E-state index contributed by atoms with van der Waals surface area (Å²) >= 11 is 1.78. The fourth-order valence-corrected chi connectivity index (χ4v) is 8.58. The molecule has 6 aromatic carbocycles. The normalized spacial score (nSPS) is 12.2. The number of para-hydroxylation sites is 2. The quantitative estimate of drug-likeness (QED) is 0.194. The molecule has 48 heavy (non-hydrogen) atoms. The third-order valence-electron chi connectivity index (χ3n) is 9.87. The van der Waals surface area contributed by atoms with Gasteiger partial charge in [-0.3, -0.25) is 4.40 Å². The van der Waals surface area contributed by atoms with E-state index in [2.05, 4.69) is 147 Å². The van der Waals surface area contributed by atoms with Crippen LogP contribution in [0, 0.1) is 0 Å². The second-order valence-electron chi connectivity index (χ2n) is 12.5. The Morgan fingerprint density at radius 1 is 0.500 bits per heavy atom. The van der Waals surface area contributed by atoms with Crippen molar-refractivity contribution in [1.82, 2.24) is 14.0 Å². The molecule has 0 saturated heterocycles. The minimum atomic E-state index is 0.916. The minimum Gasteiger partial charge on any atom is -0.456 e. The Hall–Kier alpha value is -6.17. The van der Waals surface area contributed by atoms with Crippen molar-refractivity contribution in [2.24, 2.45) is 0 Å². The lowest BCUT2D eigenvalue weighted by atomic mass is 10.0. The van der Waals surface area contributed by atoms with E-state index < -0.39 is 0 Å². The number of rotatable bonds is 3. The zero-order valence-corrected chi connectivity index (χ0v) is 26.4. The van der Waals surface area contributed by atoms with Crippen LogP contribution in [0.3, 0.4) is 0 Å². The van der Waals surface area contributed by atoms with Crippen LogP contribution >= 0.6 is 11.3 Å². The fraction of sp³-hybridized carbons (Fsp3) is 0. The van der Waals surface area contributed by atoms with E-state index in [1.54, 1.807) is 11.3 Å². The van der Waals surface area contributed by atoms with Crippen molar-refractivity contribution in [3.05, 3.63) is 151 Å². The Morgan fingerprint density at radius 3 is 2.12 bits per heavy atom. The van der Waals surface area contributed by atoms with Crippen molar-refractivity contribution >= 4 is 81.7 Å². The molecule has 4 nitrogen and oxygen atoms in total. The Kier molecular flexibility index (Phi) is 5.23. The van der Waals surface area contributed by atoms with Gasteiger partial charge in [-0.2, -0.15) is 0 Å². The van der Waals surface area contributed by atoms with Gasteiger partial charge in [-0.15, -0.1) is 11.3 Å². The van der Waals surface area contributed by atoms with Crippen LogP contribution in [0.15, 0.2) is 156 Å². The number of aromatic nitrogens is 3. The first-order valence-corrected chi connectivity index (χ1v) is 17.0. The second kappa shape index (κ2) is 9.67. The fourth-order valence-electron chi connectivity index (χ4n) is 7.66. The SMILES string of the molecule is c1cc(-c2ccc3c(c2)c2sccc2c2nccn32)cc(-n2c3ccccc3c3cc(-c4ccc5oc6ccccc6c5c4)ccc32)c1. The summed E-state index contributed by atoms with van der Waals surface area (Å²) in [6.07, 6.45) is 3.94. The predicted molar refractivity (Wildman–Crippen MR) is 201 cm³/mol. The van der Waals surface area contributed by atoms with Crippen molar-refractivity contribution in [3.63, 3.8) is 0 Å². The van der Waals surface area contributed by atoms with Gasteiger partial charge in [0.2, 0.25) is 0 Å². The summed E-state index contributed by atoms with van der Waals surface area (Å²) in [7, 11) is 0. The number of fused-ring (bicyclic) bond motifs is 12. The molecule has 0 N–H and O–H groups in total. The molecule has 0 fully saturated rings. The summed E-state index contributed by atoms with van der Waals surface area (Å²) in [5.74, 6) is 0. The van der Waals surface area contributed by atoms with E-state index in [1.165, 1.54) is 65.0 Å². The van der Waals surface area contributed by atoms with Crippen LogP contribution in [-0.2, 0) is 0 Å². The largest absolute Gasteiger partial charge is 0.456 e. The maximum absolute atomic E-state index is 6.11. The molecule has 0 atom stereocenters. The number of benzene rings is 6. The molecule has 0 radical (unpaired) electrons. The van der Waals surface area contributed by atoms with Gasteiger partial charge in [-0.05, 0) is 94.4 Å².